The third-order valence-electron chi connectivity index (χ3n) is 5.64. The van der Waals surface area contributed by atoms with Gasteiger partial charge in [0.2, 0.25) is 10.0 Å². The van der Waals surface area contributed by atoms with E-state index in [9.17, 15) is 13.2 Å². The first-order valence-corrected chi connectivity index (χ1v) is 12.7. The first kappa shape index (κ1) is 24.3. The van der Waals surface area contributed by atoms with E-state index >= 15 is 0 Å². The van der Waals surface area contributed by atoms with Crippen LogP contribution in [0.1, 0.15) is 62.4 Å². The molecule has 0 atom stereocenters. The van der Waals surface area contributed by atoms with Gasteiger partial charge in [-0.25, -0.2) is 8.42 Å². The van der Waals surface area contributed by atoms with Crippen molar-refractivity contribution < 1.29 is 17.9 Å². The fourth-order valence-corrected chi connectivity index (χ4v) is 5.43. The lowest BCUT2D eigenvalue weighted by atomic mass is 9.86. The molecule has 1 saturated heterocycles. The van der Waals surface area contributed by atoms with Crippen molar-refractivity contribution in [3.63, 3.8) is 0 Å². The van der Waals surface area contributed by atoms with Crippen LogP contribution in [0.2, 0.25) is 0 Å². The first-order valence-electron chi connectivity index (χ1n) is 11.3. The molecule has 7 heteroatoms. The Kier molecular flexibility index (Phi) is 7.96. The molecule has 0 spiro atoms. The number of hydrogen-bond donors (Lipinski definition) is 1. The lowest BCUT2D eigenvalue weighted by Crippen LogP contribution is -2.32. The summed E-state index contributed by atoms with van der Waals surface area (Å²) in [5, 5.41) is 2.82. The molecule has 0 saturated carbocycles. The average Bonchev–Trinajstić information content (AvgIpc) is 3.06. The zero-order valence-electron chi connectivity index (χ0n) is 19.3. The van der Waals surface area contributed by atoms with Gasteiger partial charge in [0.15, 0.2) is 0 Å². The van der Waals surface area contributed by atoms with Gasteiger partial charge in [-0.3, -0.25) is 4.79 Å². The summed E-state index contributed by atoms with van der Waals surface area (Å²) < 4.78 is 33.5. The summed E-state index contributed by atoms with van der Waals surface area (Å²) >= 11 is 0. The van der Waals surface area contributed by atoms with Crippen molar-refractivity contribution in [3.05, 3.63) is 59.7 Å². The quantitative estimate of drug-likeness (QED) is 0.626. The molecule has 0 aromatic heterocycles. The average molecular weight is 459 g/mol. The highest BCUT2D eigenvalue weighted by molar-refractivity contribution is 7.89. The Labute approximate surface area is 192 Å². The molecule has 0 aliphatic carbocycles. The Morgan fingerprint density at radius 2 is 1.69 bits per heavy atom. The lowest BCUT2D eigenvalue weighted by Gasteiger charge is -2.22. The topological polar surface area (TPSA) is 75.7 Å². The third kappa shape index (κ3) is 6.11. The second-order valence-corrected chi connectivity index (χ2v) is 11.1. The van der Waals surface area contributed by atoms with Gasteiger partial charge in [0, 0.05) is 18.7 Å². The highest BCUT2D eigenvalue weighted by Crippen LogP contribution is 2.30. The molecule has 1 amide bonds. The zero-order chi connectivity index (χ0) is 23.2. The Balaban J connectivity index is 1.60. The summed E-state index contributed by atoms with van der Waals surface area (Å²) in [6, 6.07) is 14.2. The number of rotatable bonds is 7. The zero-order valence-corrected chi connectivity index (χ0v) is 20.1. The molecule has 32 heavy (non-hydrogen) atoms. The van der Waals surface area contributed by atoms with Crippen LogP contribution in [0.15, 0.2) is 53.4 Å². The van der Waals surface area contributed by atoms with E-state index in [0.717, 1.165) is 37.0 Å². The van der Waals surface area contributed by atoms with Crippen molar-refractivity contribution in [2.75, 3.05) is 26.2 Å². The van der Waals surface area contributed by atoms with Gasteiger partial charge in [-0.2, -0.15) is 4.31 Å². The third-order valence-corrected chi connectivity index (χ3v) is 7.53. The molecule has 6 nitrogen and oxygen atoms in total. The van der Waals surface area contributed by atoms with Gasteiger partial charge in [0.1, 0.15) is 12.4 Å². The number of carbonyl (C=O) groups is 1. The highest BCUT2D eigenvalue weighted by atomic mass is 32.2. The minimum absolute atomic E-state index is 0.0425. The minimum Gasteiger partial charge on any atom is -0.491 e. The second kappa shape index (κ2) is 10.5. The summed E-state index contributed by atoms with van der Waals surface area (Å²) in [5.74, 6) is 0.491. The van der Waals surface area contributed by atoms with Gasteiger partial charge in [-0.05, 0) is 48.1 Å². The number of para-hydroxylation sites is 1. The molecule has 174 valence electrons. The monoisotopic (exact) mass is 458 g/mol. The van der Waals surface area contributed by atoms with Crippen LogP contribution >= 0.6 is 0 Å². The molecule has 0 radical (unpaired) electrons. The first-order chi connectivity index (χ1) is 15.2. The molecule has 1 fully saturated rings. The van der Waals surface area contributed by atoms with Gasteiger partial charge in [-0.1, -0.05) is 57.9 Å². The number of ether oxygens (including phenoxy) is 1. The van der Waals surface area contributed by atoms with Crippen LogP contribution in [0.25, 0.3) is 0 Å². The summed E-state index contributed by atoms with van der Waals surface area (Å²) in [6.07, 6.45) is 3.85. The van der Waals surface area contributed by atoms with Crippen LogP contribution in [0, 0.1) is 0 Å². The Morgan fingerprint density at radius 3 is 2.38 bits per heavy atom. The fourth-order valence-electron chi connectivity index (χ4n) is 3.87. The largest absolute Gasteiger partial charge is 0.491 e. The van der Waals surface area contributed by atoms with Crippen LogP contribution in [0.5, 0.6) is 5.75 Å². The van der Waals surface area contributed by atoms with E-state index < -0.39 is 10.0 Å². The van der Waals surface area contributed by atoms with Crippen molar-refractivity contribution >= 4 is 15.9 Å². The SMILES string of the molecule is CC(C)(C)c1ccccc1OCCNC(=O)c1cccc(S(=O)(=O)N2CCCCCC2)c1. The van der Waals surface area contributed by atoms with Crippen molar-refractivity contribution in [1.29, 1.82) is 0 Å². The van der Waals surface area contributed by atoms with Gasteiger partial charge in [-0.15, -0.1) is 0 Å². The fraction of sp³-hybridized carbons (Fsp3) is 0.480. The maximum atomic E-state index is 13.0. The van der Waals surface area contributed by atoms with Crippen molar-refractivity contribution in [2.45, 2.75) is 56.8 Å². The molecule has 1 aliphatic heterocycles. The van der Waals surface area contributed by atoms with Crippen LogP contribution in [-0.2, 0) is 15.4 Å². The van der Waals surface area contributed by atoms with Crippen molar-refractivity contribution in [3.8, 4) is 5.75 Å². The Hall–Kier alpha value is -2.38. The maximum absolute atomic E-state index is 13.0. The molecule has 1 N–H and O–H groups in total. The number of benzene rings is 2. The van der Waals surface area contributed by atoms with Gasteiger partial charge < -0.3 is 10.1 Å². The van der Waals surface area contributed by atoms with E-state index in [1.165, 1.54) is 10.4 Å². The summed E-state index contributed by atoms with van der Waals surface area (Å²) in [5.41, 5.74) is 1.40. The van der Waals surface area contributed by atoms with Crippen molar-refractivity contribution in [1.82, 2.24) is 9.62 Å². The Morgan fingerprint density at radius 1 is 1.00 bits per heavy atom. The predicted octanol–water partition coefficient (Wildman–Crippen LogP) is 4.36. The van der Waals surface area contributed by atoms with Crippen LogP contribution in [0.3, 0.4) is 0 Å². The van der Waals surface area contributed by atoms with Gasteiger partial charge >= 0.3 is 0 Å². The van der Waals surface area contributed by atoms with Crippen LogP contribution in [0.4, 0.5) is 0 Å². The number of sulfonamides is 1. The molecule has 3 rings (SSSR count). The molecular formula is C25H34N2O4S. The van der Waals surface area contributed by atoms with Gasteiger partial charge in [0.05, 0.1) is 11.4 Å². The molecule has 2 aromatic carbocycles. The van der Waals surface area contributed by atoms with E-state index in [0.29, 0.717) is 31.8 Å². The number of hydrogen-bond acceptors (Lipinski definition) is 4. The number of carbonyl (C=O) groups excluding carboxylic acids is 1. The molecule has 1 heterocycles. The molecule has 0 unspecified atom stereocenters. The summed E-state index contributed by atoms with van der Waals surface area (Å²) in [6.45, 7) is 8.10. The van der Waals surface area contributed by atoms with E-state index in [4.69, 9.17) is 4.74 Å². The predicted molar refractivity (Wildman–Crippen MR) is 127 cm³/mol. The summed E-state index contributed by atoms with van der Waals surface area (Å²) in [7, 11) is -3.59. The lowest BCUT2D eigenvalue weighted by molar-refractivity contribution is 0.0946. The van der Waals surface area contributed by atoms with Crippen LogP contribution in [-0.4, -0.2) is 44.9 Å². The normalized spacial score (nSPS) is 15.7. The second-order valence-electron chi connectivity index (χ2n) is 9.20. The van der Waals surface area contributed by atoms with E-state index in [2.05, 4.69) is 26.1 Å². The smallest absolute Gasteiger partial charge is 0.251 e. The number of nitrogens with zero attached hydrogens (tertiary/aromatic N) is 1. The highest BCUT2D eigenvalue weighted by Gasteiger charge is 2.25. The maximum Gasteiger partial charge on any atom is 0.251 e. The van der Waals surface area contributed by atoms with E-state index in [1.807, 2.05) is 24.3 Å². The van der Waals surface area contributed by atoms with Crippen LogP contribution < -0.4 is 10.1 Å². The standard InChI is InChI=1S/C25H34N2O4S/c1-25(2,3)22-13-6-7-14-23(22)31-18-15-26-24(28)20-11-10-12-21(19-20)32(29,30)27-16-8-4-5-9-17-27/h6-7,10-14,19H,4-5,8-9,15-18H2,1-3H3,(H,26,28). The minimum atomic E-state index is -3.59. The van der Waals surface area contributed by atoms with Gasteiger partial charge in [0.25, 0.3) is 5.91 Å². The molecule has 2 aromatic rings. The number of nitrogens with one attached hydrogen (secondary N) is 1. The number of amides is 1. The summed E-state index contributed by atoms with van der Waals surface area (Å²) in [4.78, 5) is 12.8. The Bertz CT molecular complexity index is 1020. The molecular weight excluding hydrogens is 424 g/mol. The van der Waals surface area contributed by atoms with E-state index in [-0.39, 0.29) is 16.2 Å². The van der Waals surface area contributed by atoms with E-state index in [1.54, 1.807) is 18.2 Å². The van der Waals surface area contributed by atoms with Crippen molar-refractivity contribution in [2.24, 2.45) is 0 Å². The molecule has 1 aliphatic rings. The molecule has 0 bridgehead atoms.